The topological polar surface area (TPSA) is 84.2 Å². The molecule has 0 aromatic carbocycles. The monoisotopic (exact) mass is 275 g/mol. The lowest BCUT2D eigenvalue weighted by atomic mass is 9.82. The van der Waals surface area contributed by atoms with Gasteiger partial charge in [-0.2, -0.15) is 0 Å². The van der Waals surface area contributed by atoms with Gasteiger partial charge in [0.2, 0.25) is 5.91 Å². The summed E-state index contributed by atoms with van der Waals surface area (Å²) in [5, 5.41) is 12.2. The first kappa shape index (κ1) is 12.9. The Morgan fingerprint density at radius 3 is 2.70 bits per heavy atom. The second-order valence-electron chi connectivity index (χ2n) is 5.43. The molecule has 20 heavy (non-hydrogen) atoms. The van der Waals surface area contributed by atoms with Crippen LogP contribution in [-0.4, -0.2) is 33.1 Å². The highest BCUT2D eigenvalue weighted by Gasteiger charge is 2.51. The Balaban J connectivity index is 1.59. The molecule has 106 valence electrons. The first-order valence-corrected chi connectivity index (χ1v) is 6.81. The molecule has 1 aromatic heterocycles. The smallest absolute Gasteiger partial charge is 0.307 e. The number of imidazole rings is 1. The van der Waals surface area contributed by atoms with E-state index in [9.17, 15) is 14.7 Å². The molecular formula is C14H17N3O3. The zero-order valence-corrected chi connectivity index (χ0v) is 11.0. The maximum atomic E-state index is 12.2. The Bertz CT molecular complexity index is 538. The molecule has 0 spiro atoms. The number of nitrogens with zero attached hydrogens (tertiary/aromatic N) is 2. The summed E-state index contributed by atoms with van der Waals surface area (Å²) in [5.41, 5.74) is 0. The normalized spacial score (nSPS) is 30.6. The maximum Gasteiger partial charge on any atom is 0.307 e. The first-order valence-electron chi connectivity index (χ1n) is 6.81. The number of aliphatic carboxylic acids is 1. The molecule has 4 unspecified atom stereocenters. The molecular weight excluding hydrogens is 258 g/mol. The molecule has 1 heterocycles. The average molecular weight is 275 g/mol. The van der Waals surface area contributed by atoms with Crippen LogP contribution in [0, 0.1) is 23.7 Å². The van der Waals surface area contributed by atoms with Crippen molar-refractivity contribution in [2.45, 2.75) is 13.0 Å². The van der Waals surface area contributed by atoms with Gasteiger partial charge in [-0.3, -0.25) is 9.59 Å². The number of carbonyl (C=O) groups is 2. The molecule has 1 saturated carbocycles. The summed E-state index contributed by atoms with van der Waals surface area (Å²) in [4.78, 5) is 27.5. The average Bonchev–Trinajstić information content (AvgIpc) is 3.13. The van der Waals surface area contributed by atoms with E-state index in [0.29, 0.717) is 13.1 Å². The van der Waals surface area contributed by atoms with E-state index in [4.69, 9.17) is 0 Å². The molecule has 0 saturated heterocycles. The Hall–Kier alpha value is -2.11. The van der Waals surface area contributed by atoms with Gasteiger partial charge in [0.1, 0.15) is 0 Å². The Kier molecular flexibility index (Phi) is 3.30. The minimum Gasteiger partial charge on any atom is -0.481 e. The standard InChI is InChI=1S/C14H17N3O3/c18-13(16-4-6-17-5-3-15-8-17)11-9-1-2-10(7-9)12(11)14(19)20/h1-3,5,8-12H,4,6-7H2,(H,16,18)(H,19,20). The number of carbonyl (C=O) groups excluding carboxylic acids is 1. The van der Waals surface area contributed by atoms with E-state index in [1.165, 1.54) is 0 Å². The highest BCUT2D eigenvalue weighted by Crippen LogP contribution is 2.48. The predicted molar refractivity (Wildman–Crippen MR) is 70.6 cm³/mol. The van der Waals surface area contributed by atoms with Gasteiger partial charge in [-0.15, -0.1) is 0 Å². The molecule has 1 aromatic rings. The van der Waals surface area contributed by atoms with Crippen molar-refractivity contribution in [3.05, 3.63) is 30.9 Å². The molecule has 2 bridgehead atoms. The van der Waals surface area contributed by atoms with Gasteiger partial charge in [0.15, 0.2) is 0 Å². The van der Waals surface area contributed by atoms with Gasteiger partial charge in [-0.05, 0) is 18.3 Å². The van der Waals surface area contributed by atoms with Crippen LogP contribution in [0.5, 0.6) is 0 Å². The number of amides is 1. The van der Waals surface area contributed by atoms with Gasteiger partial charge < -0.3 is 15.0 Å². The van der Waals surface area contributed by atoms with E-state index in [0.717, 1.165) is 6.42 Å². The molecule has 1 fully saturated rings. The van der Waals surface area contributed by atoms with Crippen LogP contribution in [0.1, 0.15) is 6.42 Å². The SMILES string of the molecule is O=C(O)C1C2C=CC(C2)C1C(=O)NCCn1ccnc1. The minimum atomic E-state index is -0.864. The van der Waals surface area contributed by atoms with Crippen molar-refractivity contribution in [2.24, 2.45) is 23.7 Å². The number of hydrogen-bond donors (Lipinski definition) is 2. The number of nitrogens with one attached hydrogen (secondary N) is 1. The Morgan fingerprint density at radius 2 is 2.05 bits per heavy atom. The zero-order chi connectivity index (χ0) is 14.1. The molecule has 6 heteroatoms. The number of carboxylic acids is 1. The summed E-state index contributed by atoms with van der Waals surface area (Å²) < 4.78 is 1.87. The third kappa shape index (κ3) is 2.21. The molecule has 3 rings (SSSR count). The van der Waals surface area contributed by atoms with Crippen LogP contribution < -0.4 is 5.32 Å². The van der Waals surface area contributed by atoms with Crippen molar-refractivity contribution in [1.82, 2.24) is 14.9 Å². The van der Waals surface area contributed by atoms with E-state index in [2.05, 4.69) is 10.3 Å². The van der Waals surface area contributed by atoms with Gasteiger partial charge in [-0.25, -0.2) is 4.98 Å². The molecule has 1 amide bonds. The third-order valence-electron chi connectivity index (χ3n) is 4.28. The predicted octanol–water partition coefficient (Wildman–Crippen LogP) is 0.522. The number of carboxylic acid groups (broad SMARTS) is 1. The van der Waals surface area contributed by atoms with Crippen LogP contribution in [0.25, 0.3) is 0 Å². The van der Waals surface area contributed by atoms with Crippen LogP contribution in [0.2, 0.25) is 0 Å². The molecule has 2 N–H and O–H groups in total. The van der Waals surface area contributed by atoms with Gasteiger partial charge >= 0.3 is 5.97 Å². The number of hydrogen-bond acceptors (Lipinski definition) is 3. The number of allylic oxidation sites excluding steroid dienone is 2. The van der Waals surface area contributed by atoms with E-state index in [1.807, 2.05) is 22.9 Å². The van der Waals surface area contributed by atoms with Crippen LogP contribution in [0.3, 0.4) is 0 Å². The lowest BCUT2D eigenvalue weighted by Crippen LogP contribution is -2.41. The molecule has 0 radical (unpaired) electrons. The Labute approximate surface area is 116 Å². The number of rotatable bonds is 5. The fourth-order valence-electron chi connectivity index (χ4n) is 3.36. The van der Waals surface area contributed by atoms with Crippen molar-refractivity contribution in [3.63, 3.8) is 0 Å². The molecule has 2 aliphatic carbocycles. The highest BCUT2D eigenvalue weighted by atomic mass is 16.4. The molecule has 6 nitrogen and oxygen atoms in total. The van der Waals surface area contributed by atoms with Gasteiger partial charge in [0, 0.05) is 25.5 Å². The van der Waals surface area contributed by atoms with Crippen molar-refractivity contribution in [1.29, 1.82) is 0 Å². The van der Waals surface area contributed by atoms with Crippen LogP contribution in [-0.2, 0) is 16.1 Å². The largest absolute Gasteiger partial charge is 0.481 e. The van der Waals surface area contributed by atoms with E-state index in [-0.39, 0.29) is 17.7 Å². The highest BCUT2D eigenvalue weighted by molar-refractivity contribution is 5.86. The zero-order valence-electron chi connectivity index (χ0n) is 11.0. The van der Waals surface area contributed by atoms with Crippen molar-refractivity contribution in [2.75, 3.05) is 6.54 Å². The number of aromatic nitrogens is 2. The molecule has 0 aliphatic heterocycles. The van der Waals surface area contributed by atoms with Crippen LogP contribution in [0.4, 0.5) is 0 Å². The van der Waals surface area contributed by atoms with Crippen molar-refractivity contribution >= 4 is 11.9 Å². The summed E-state index contributed by atoms with van der Waals surface area (Å²) >= 11 is 0. The molecule has 2 aliphatic rings. The second-order valence-corrected chi connectivity index (χ2v) is 5.43. The lowest BCUT2D eigenvalue weighted by molar-refractivity contribution is -0.147. The van der Waals surface area contributed by atoms with Crippen LogP contribution in [0.15, 0.2) is 30.9 Å². The minimum absolute atomic E-state index is 0.0156. The number of fused-ring (bicyclic) bond motifs is 2. The summed E-state index contributed by atoms with van der Waals surface area (Å²) in [6.07, 6.45) is 9.92. The summed E-state index contributed by atoms with van der Waals surface area (Å²) in [6.45, 7) is 1.12. The van der Waals surface area contributed by atoms with Crippen LogP contribution >= 0.6 is 0 Å². The summed E-state index contributed by atoms with van der Waals surface area (Å²) in [6, 6.07) is 0. The first-order chi connectivity index (χ1) is 9.66. The third-order valence-corrected chi connectivity index (χ3v) is 4.28. The quantitative estimate of drug-likeness (QED) is 0.767. The maximum absolute atomic E-state index is 12.2. The summed E-state index contributed by atoms with van der Waals surface area (Å²) in [7, 11) is 0. The van der Waals surface area contributed by atoms with E-state index >= 15 is 0 Å². The lowest BCUT2D eigenvalue weighted by Gasteiger charge is -2.23. The van der Waals surface area contributed by atoms with E-state index in [1.54, 1.807) is 12.5 Å². The fourth-order valence-corrected chi connectivity index (χ4v) is 3.36. The second kappa shape index (κ2) is 5.11. The van der Waals surface area contributed by atoms with Crippen molar-refractivity contribution < 1.29 is 14.7 Å². The molecule has 4 atom stereocenters. The van der Waals surface area contributed by atoms with Gasteiger partial charge in [-0.1, -0.05) is 12.2 Å². The van der Waals surface area contributed by atoms with Gasteiger partial charge in [0.25, 0.3) is 0 Å². The van der Waals surface area contributed by atoms with Crippen molar-refractivity contribution in [3.8, 4) is 0 Å². The fraction of sp³-hybridized carbons (Fsp3) is 0.500. The Morgan fingerprint density at radius 1 is 1.30 bits per heavy atom. The summed E-state index contributed by atoms with van der Waals surface area (Å²) in [5.74, 6) is -1.91. The van der Waals surface area contributed by atoms with E-state index < -0.39 is 17.8 Å². The van der Waals surface area contributed by atoms with Gasteiger partial charge in [0.05, 0.1) is 18.2 Å².